The molecule has 0 unspecified atom stereocenters. The van der Waals surface area contributed by atoms with Gasteiger partial charge in [0.2, 0.25) is 0 Å². The average molecular weight is 402 g/mol. The Hall–Kier alpha value is -4.32. The van der Waals surface area contributed by atoms with E-state index < -0.39 is 0 Å². The van der Waals surface area contributed by atoms with Crippen molar-refractivity contribution in [2.75, 3.05) is 0 Å². The van der Waals surface area contributed by atoms with Crippen LogP contribution in [0, 0.1) is 0 Å². The number of aromatic hydroxyl groups is 3. The zero-order chi connectivity index (χ0) is 20.9. The highest BCUT2D eigenvalue weighted by Gasteiger charge is 2.09. The molecular formula is C24H18O6. The molecule has 3 N–H and O–H groups in total. The van der Waals surface area contributed by atoms with Crippen molar-refractivity contribution >= 4 is 0 Å². The topological polar surface area (TPSA) is 88.4 Å². The Balaban J connectivity index is 1.67. The van der Waals surface area contributed by atoms with E-state index in [1.54, 1.807) is 72.8 Å². The molecule has 30 heavy (non-hydrogen) atoms. The molecule has 0 heterocycles. The number of ether oxygens (including phenoxy) is 3. The second-order valence-corrected chi connectivity index (χ2v) is 6.44. The van der Waals surface area contributed by atoms with E-state index >= 15 is 0 Å². The second-order valence-electron chi connectivity index (χ2n) is 6.44. The summed E-state index contributed by atoms with van der Waals surface area (Å²) in [6.07, 6.45) is 0. The van der Waals surface area contributed by atoms with Crippen LogP contribution in [0.1, 0.15) is 0 Å². The van der Waals surface area contributed by atoms with Crippen LogP contribution in [0.25, 0.3) is 0 Å². The second kappa shape index (κ2) is 8.36. The molecule has 150 valence electrons. The van der Waals surface area contributed by atoms with Crippen molar-refractivity contribution in [1.82, 2.24) is 0 Å². The van der Waals surface area contributed by atoms with Gasteiger partial charge >= 0.3 is 0 Å². The number of phenolic OH excluding ortho intramolecular Hbond substituents is 3. The molecule has 0 saturated heterocycles. The Morgan fingerprint density at radius 1 is 0.367 bits per heavy atom. The van der Waals surface area contributed by atoms with Gasteiger partial charge in [0.1, 0.15) is 51.7 Å². The van der Waals surface area contributed by atoms with E-state index in [2.05, 4.69) is 0 Å². The molecule has 0 saturated carbocycles. The molecule has 0 amide bonds. The molecule has 0 aromatic heterocycles. The van der Waals surface area contributed by atoms with Gasteiger partial charge in [-0.1, -0.05) is 18.2 Å². The lowest BCUT2D eigenvalue weighted by Gasteiger charge is -2.13. The fourth-order valence-corrected chi connectivity index (χ4v) is 2.77. The number of hydrogen-bond donors (Lipinski definition) is 3. The first kappa shape index (κ1) is 19.0. The molecule has 4 rings (SSSR count). The first-order valence-electron chi connectivity index (χ1n) is 9.09. The lowest BCUT2D eigenvalue weighted by molar-refractivity contribution is 0.430. The minimum Gasteiger partial charge on any atom is -0.508 e. The Morgan fingerprint density at radius 3 is 0.933 bits per heavy atom. The van der Waals surface area contributed by atoms with Gasteiger partial charge in [-0.2, -0.15) is 0 Å². The predicted molar refractivity (Wildman–Crippen MR) is 111 cm³/mol. The zero-order valence-corrected chi connectivity index (χ0v) is 15.7. The lowest BCUT2D eigenvalue weighted by Crippen LogP contribution is -1.91. The molecular weight excluding hydrogens is 384 g/mol. The first-order valence-corrected chi connectivity index (χ1v) is 9.09. The van der Waals surface area contributed by atoms with Crippen LogP contribution in [0.3, 0.4) is 0 Å². The molecule has 6 nitrogen and oxygen atoms in total. The largest absolute Gasteiger partial charge is 0.508 e. The number of rotatable bonds is 6. The summed E-state index contributed by atoms with van der Waals surface area (Å²) in [7, 11) is 0. The van der Waals surface area contributed by atoms with Gasteiger partial charge in [-0.3, -0.25) is 0 Å². The minimum atomic E-state index is 0.0795. The first-order chi connectivity index (χ1) is 14.5. The molecule has 4 aromatic rings. The SMILES string of the molecule is Oc1cccc(Oc2cc(Oc3cccc(O)c3)cc(Oc3cccc(O)c3)c2)c1. The highest BCUT2D eigenvalue weighted by atomic mass is 16.5. The van der Waals surface area contributed by atoms with Gasteiger partial charge in [0.25, 0.3) is 0 Å². The summed E-state index contributed by atoms with van der Waals surface area (Å²) in [6, 6.07) is 24.2. The van der Waals surface area contributed by atoms with Gasteiger partial charge < -0.3 is 29.5 Å². The molecule has 0 atom stereocenters. The summed E-state index contributed by atoms with van der Waals surface area (Å²) < 4.78 is 17.5. The molecule has 0 aliphatic carbocycles. The molecule has 0 spiro atoms. The van der Waals surface area contributed by atoms with Crippen LogP contribution in [-0.4, -0.2) is 15.3 Å². The third-order valence-corrected chi connectivity index (χ3v) is 4.01. The number of phenols is 3. The molecule has 6 heteroatoms. The Labute approximate surface area is 172 Å². The molecule has 0 bridgehead atoms. The Bertz CT molecular complexity index is 1010. The number of benzene rings is 4. The molecule has 4 aromatic carbocycles. The monoisotopic (exact) mass is 402 g/mol. The van der Waals surface area contributed by atoms with Gasteiger partial charge in [0.15, 0.2) is 0 Å². The zero-order valence-electron chi connectivity index (χ0n) is 15.7. The van der Waals surface area contributed by atoms with E-state index in [0.717, 1.165) is 0 Å². The van der Waals surface area contributed by atoms with Gasteiger partial charge in [0.05, 0.1) is 0 Å². The van der Waals surface area contributed by atoms with Crippen LogP contribution in [0.2, 0.25) is 0 Å². The summed E-state index contributed by atoms with van der Waals surface area (Å²) in [5.41, 5.74) is 0. The van der Waals surface area contributed by atoms with Crippen LogP contribution in [-0.2, 0) is 0 Å². The van der Waals surface area contributed by atoms with Crippen LogP contribution in [0.15, 0.2) is 91.0 Å². The van der Waals surface area contributed by atoms with Crippen molar-refractivity contribution in [2.45, 2.75) is 0 Å². The quantitative estimate of drug-likeness (QED) is 0.357. The molecule has 0 fully saturated rings. The van der Waals surface area contributed by atoms with Gasteiger partial charge in [-0.05, 0) is 36.4 Å². The van der Waals surface area contributed by atoms with E-state index in [1.165, 1.54) is 18.2 Å². The van der Waals surface area contributed by atoms with Crippen molar-refractivity contribution < 1.29 is 29.5 Å². The van der Waals surface area contributed by atoms with E-state index in [4.69, 9.17) is 14.2 Å². The fourth-order valence-electron chi connectivity index (χ4n) is 2.77. The van der Waals surface area contributed by atoms with E-state index in [9.17, 15) is 15.3 Å². The van der Waals surface area contributed by atoms with Crippen LogP contribution in [0.5, 0.6) is 51.7 Å². The minimum absolute atomic E-state index is 0.0795. The number of hydrogen-bond acceptors (Lipinski definition) is 6. The summed E-state index contributed by atoms with van der Waals surface area (Å²) in [5.74, 6) is 2.78. The van der Waals surface area contributed by atoms with Crippen molar-refractivity contribution in [2.24, 2.45) is 0 Å². The maximum Gasteiger partial charge on any atom is 0.134 e. The van der Waals surface area contributed by atoms with Crippen molar-refractivity contribution in [3.05, 3.63) is 91.0 Å². The predicted octanol–water partition coefficient (Wildman–Crippen LogP) is 6.18. The normalized spacial score (nSPS) is 10.4. The summed E-state index contributed by atoms with van der Waals surface area (Å²) in [5, 5.41) is 29.0. The maximum absolute atomic E-state index is 9.67. The van der Waals surface area contributed by atoms with Crippen LogP contribution < -0.4 is 14.2 Å². The standard InChI is InChI=1S/C24H18O6/c25-16-4-1-7-19(10-16)28-22-13-23(29-20-8-2-5-17(26)11-20)15-24(14-22)30-21-9-3-6-18(27)12-21/h1-15,25-27H. The summed E-state index contributed by atoms with van der Waals surface area (Å²) in [6.45, 7) is 0. The van der Waals surface area contributed by atoms with Gasteiger partial charge in [0, 0.05) is 36.4 Å². The molecule has 0 aliphatic heterocycles. The lowest BCUT2D eigenvalue weighted by atomic mass is 10.2. The smallest absolute Gasteiger partial charge is 0.134 e. The van der Waals surface area contributed by atoms with Crippen molar-refractivity contribution in [3.8, 4) is 51.7 Å². The third kappa shape index (κ3) is 4.94. The fraction of sp³-hybridized carbons (Fsp3) is 0. The van der Waals surface area contributed by atoms with Gasteiger partial charge in [-0.15, -0.1) is 0 Å². The van der Waals surface area contributed by atoms with Crippen molar-refractivity contribution in [3.63, 3.8) is 0 Å². The third-order valence-electron chi connectivity index (χ3n) is 4.01. The highest BCUT2D eigenvalue weighted by Crippen LogP contribution is 2.36. The summed E-state index contributed by atoms with van der Waals surface area (Å²) >= 11 is 0. The summed E-state index contributed by atoms with van der Waals surface area (Å²) in [4.78, 5) is 0. The van der Waals surface area contributed by atoms with E-state index in [0.29, 0.717) is 34.5 Å². The molecule has 0 aliphatic rings. The Kier molecular flexibility index (Phi) is 5.30. The van der Waals surface area contributed by atoms with Crippen LogP contribution >= 0.6 is 0 Å². The van der Waals surface area contributed by atoms with Gasteiger partial charge in [-0.25, -0.2) is 0 Å². The van der Waals surface area contributed by atoms with E-state index in [1.807, 2.05) is 0 Å². The molecule has 0 radical (unpaired) electrons. The average Bonchev–Trinajstić information content (AvgIpc) is 2.68. The maximum atomic E-state index is 9.67. The van der Waals surface area contributed by atoms with Crippen LogP contribution in [0.4, 0.5) is 0 Å². The highest BCUT2D eigenvalue weighted by molar-refractivity contribution is 5.48. The Morgan fingerprint density at radius 2 is 0.667 bits per heavy atom. The van der Waals surface area contributed by atoms with Crippen molar-refractivity contribution in [1.29, 1.82) is 0 Å². The van der Waals surface area contributed by atoms with E-state index in [-0.39, 0.29) is 17.2 Å².